The van der Waals surface area contributed by atoms with Crippen molar-refractivity contribution in [1.29, 1.82) is 0 Å². The standard InChI is InChI=1S/C12H22N4O/c1-4-16(7-8-17)6-5-13-12-11(3)14-9-10(2)15-12/h9,17H,4-8H2,1-3H3,(H,13,15). The molecule has 1 aromatic rings. The van der Waals surface area contributed by atoms with Crippen LogP contribution in [0.15, 0.2) is 6.20 Å². The van der Waals surface area contributed by atoms with E-state index in [0.29, 0.717) is 0 Å². The predicted molar refractivity (Wildman–Crippen MR) is 69.2 cm³/mol. The van der Waals surface area contributed by atoms with Crippen LogP contribution in [0.5, 0.6) is 0 Å². The number of anilines is 1. The maximum Gasteiger partial charge on any atom is 0.147 e. The Labute approximate surface area is 103 Å². The number of nitrogens with zero attached hydrogens (tertiary/aromatic N) is 3. The Kier molecular flexibility index (Phi) is 5.86. The van der Waals surface area contributed by atoms with Crippen LogP contribution in [0.4, 0.5) is 5.82 Å². The first-order valence-electron chi connectivity index (χ1n) is 6.04. The van der Waals surface area contributed by atoms with Gasteiger partial charge in [0.25, 0.3) is 0 Å². The van der Waals surface area contributed by atoms with Crippen molar-refractivity contribution in [3.05, 3.63) is 17.6 Å². The van der Waals surface area contributed by atoms with Gasteiger partial charge in [0.1, 0.15) is 5.82 Å². The number of rotatable bonds is 7. The van der Waals surface area contributed by atoms with Crippen molar-refractivity contribution in [2.24, 2.45) is 0 Å². The monoisotopic (exact) mass is 238 g/mol. The highest BCUT2D eigenvalue weighted by molar-refractivity contribution is 5.39. The van der Waals surface area contributed by atoms with Crippen molar-refractivity contribution in [1.82, 2.24) is 14.9 Å². The molecule has 5 nitrogen and oxygen atoms in total. The molecular weight excluding hydrogens is 216 g/mol. The van der Waals surface area contributed by atoms with E-state index in [-0.39, 0.29) is 6.61 Å². The molecule has 0 bridgehead atoms. The van der Waals surface area contributed by atoms with Crippen molar-refractivity contribution < 1.29 is 5.11 Å². The van der Waals surface area contributed by atoms with Crippen LogP contribution in [0.2, 0.25) is 0 Å². The second-order valence-corrected chi connectivity index (χ2v) is 4.03. The number of aromatic nitrogens is 2. The predicted octanol–water partition coefficient (Wildman–Crippen LogP) is 0.820. The zero-order chi connectivity index (χ0) is 12.7. The van der Waals surface area contributed by atoms with Crippen LogP contribution in [0.1, 0.15) is 18.3 Å². The summed E-state index contributed by atoms with van der Waals surface area (Å²) in [5.41, 5.74) is 1.83. The number of aliphatic hydroxyl groups is 1. The molecule has 0 atom stereocenters. The van der Waals surface area contributed by atoms with Gasteiger partial charge in [-0.3, -0.25) is 9.88 Å². The maximum atomic E-state index is 8.88. The summed E-state index contributed by atoms with van der Waals surface area (Å²) in [6.45, 7) is 9.54. The molecule has 0 saturated carbocycles. The zero-order valence-corrected chi connectivity index (χ0v) is 10.9. The molecule has 0 radical (unpaired) electrons. The fourth-order valence-electron chi connectivity index (χ4n) is 1.61. The number of nitrogens with one attached hydrogen (secondary N) is 1. The number of hydrogen-bond acceptors (Lipinski definition) is 5. The minimum absolute atomic E-state index is 0.205. The lowest BCUT2D eigenvalue weighted by Crippen LogP contribution is -2.31. The molecule has 0 unspecified atom stereocenters. The molecule has 0 fully saturated rings. The van der Waals surface area contributed by atoms with Gasteiger partial charge in [0.15, 0.2) is 0 Å². The third-order valence-corrected chi connectivity index (χ3v) is 2.66. The van der Waals surface area contributed by atoms with Gasteiger partial charge in [-0.1, -0.05) is 6.92 Å². The molecule has 0 aliphatic rings. The highest BCUT2D eigenvalue weighted by atomic mass is 16.3. The van der Waals surface area contributed by atoms with Crippen LogP contribution in [0.25, 0.3) is 0 Å². The Bertz CT molecular complexity index is 343. The van der Waals surface area contributed by atoms with Gasteiger partial charge in [-0.15, -0.1) is 0 Å². The van der Waals surface area contributed by atoms with Crippen LogP contribution in [-0.4, -0.2) is 52.8 Å². The quantitative estimate of drug-likeness (QED) is 0.736. The number of aliphatic hydroxyl groups excluding tert-OH is 1. The van der Waals surface area contributed by atoms with E-state index in [1.165, 1.54) is 0 Å². The molecule has 0 spiro atoms. The highest BCUT2D eigenvalue weighted by Gasteiger charge is 2.03. The van der Waals surface area contributed by atoms with E-state index in [2.05, 4.69) is 27.1 Å². The number of likely N-dealkylation sites (N-methyl/N-ethyl adjacent to an activating group) is 1. The fourth-order valence-corrected chi connectivity index (χ4v) is 1.61. The Hall–Kier alpha value is -1.20. The van der Waals surface area contributed by atoms with Gasteiger partial charge in [0.2, 0.25) is 0 Å². The summed E-state index contributed by atoms with van der Waals surface area (Å²) in [6.07, 6.45) is 1.77. The molecule has 0 amide bonds. The average Bonchev–Trinajstić information content (AvgIpc) is 2.32. The van der Waals surface area contributed by atoms with Crippen molar-refractivity contribution >= 4 is 5.82 Å². The Balaban J connectivity index is 2.42. The van der Waals surface area contributed by atoms with Gasteiger partial charge in [0, 0.05) is 25.8 Å². The maximum absolute atomic E-state index is 8.88. The van der Waals surface area contributed by atoms with Crippen LogP contribution < -0.4 is 5.32 Å². The molecule has 96 valence electrons. The van der Waals surface area contributed by atoms with E-state index < -0.39 is 0 Å². The van der Waals surface area contributed by atoms with Gasteiger partial charge >= 0.3 is 0 Å². The van der Waals surface area contributed by atoms with Gasteiger partial charge in [0.05, 0.1) is 18.0 Å². The second-order valence-electron chi connectivity index (χ2n) is 4.03. The topological polar surface area (TPSA) is 61.3 Å². The normalized spacial score (nSPS) is 10.9. The first-order valence-corrected chi connectivity index (χ1v) is 6.04. The van der Waals surface area contributed by atoms with Crippen LogP contribution >= 0.6 is 0 Å². The minimum Gasteiger partial charge on any atom is -0.395 e. The summed E-state index contributed by atoms with van der Waals surface area (Å²) in [5.74, 6) is 0.852. The molecule has 0 aliphatic carbocycles. The van der Waals surface area contributed by atoms with Crippen molar-refractivity contribution in [2.75, 3.05) is 38.1 Å². The summed E-state index contributed by atoms with van der Waals surface area (Å²) >= 11 is 0. The smallest absolute Gasteiger partial charge is 0.147 e. The van der Waals surface area contributed by atoms with Gasteiger partial charge in [-0.25, -0.2) is 4.98 Å². The minimum atomic E-state index is 0.205. The van der Waals surface area contributed by atoms with E-state index in [4.69, 9.17) is 5.11 Å². The van der Waals surface area contributed by atoms with Crippen LogP contribution in [0, 0.1) is 13.8 Å². The number of hydrogen-bond donors (Lipinski definition) is 2. The lowest BCUT2D eigenvalue weighted by Gasteiger charge is -2.19. The summed E-state index contributed by atoms with van der Waals surface area (Å²) in [4.78, 5) is 10.8. The third-order valence-electron chi connectivity index (χ3n) is 2.66. The van der Waals surface area contributed by atoms with E-state index in [1.54, 1.807) is 6.20 Å². The van der Waals surface area contributed by atoms with Gasteiger partial charge in [-0.05, 0) is 20.4 Å². The molecule has 1 heterocycles. The molecule has 1 aromatic heterocycles. The molecule has 2 N–H and O–H groups in total. The van der Waals surface area contributed by atoms with Crippen LogP contribution in [-0.2, 0) is 0 Å². The molecule has 0 saturated heterocycles. The summed E-state index contributed by atoms with van der Waals surface area (Å²) < 4.78 is 0. The summed E-state index contributed by atoms with van der Waals surface area (Å²) in [5, 5.41) is 12.2. The zero-order valence-electron chi connectivity index (χ0n) is 10.9. The highest BCUT2D eigenvalue weighted by Crippen LogP contribution is 2.07. The van der Waals surface area contributed by atoms with E-state index in [0.717, 1.165) is 43.4 Å². The molecule has 0 aromatic carbocycles. The van der Waals surface area contributed by atoms with Crippen LogP contribution in [0.3, 0.4) is 0 Å². The molecule has 0 aliphatic heterocycles. The molecular formula is C12H22N4O. The van der Waals surface area contributed by atoms with Gasteiger partial charge in [-0.2, -0.15) is 0 Å². The summed E-state index contributed by atoms with van der Waals surface area (Å²) in [7, 11) is 0. The third kappa shape index (κ3) is 4.66. The first kappa shape index (κ1) is 13.9. The Morgan fingerprint density at radius 3 is 2.76 bits per heavy atom. The first-order chi connectivity index (χ1) is 8.17. The van der Waals surface area contributed by atoms with E-state index >= 15 is 0 Å². The second kappa shape index (κ2) is 7.19. The average molecular weight is 238 g/mol. The SMILES string of the molecule is CCN(CCO)CCNc1nc(C)cnc1C. The van der Waals surface area contributed by atoms with Gasteiger partial charge < -0.3 is 10.4 Å². The largest absolute Gasteiger partial charge is 0.395 e. The van der Waals surface area contributed by atoms with Crippen molar-refractivity contribution in [3.8, 4) is 0 Å². The van der Waals surface area contributed by atoms with E-state index in [9.17, 15) is 0 Å². The van der Waals surface area contributed by atoms with Crippen molar-refractivity contribution in [2.45, 2.75) is 20.8 Å². The Morgan fingerprint density at radius 1 is 1.35 bits per heavy atom. The Morgan fingerprint density at radius 2 is 2.12 bits per heavy atom. The van der Waals surface area contributed by atoms with E-state index in [1.807, 2.05) is 13.8 Å². The van der Waals surface area contributed by atoms with Crippen molar-refractivity contribution in [3.63, 3.8) is 0 Å². The molecule has 5 heteroatoms. The fraction of sp³-hybridized carbons (Fsp3) is 0.667. The lowest BCUT2D eigenvalue weighted by atomic mass is 10.4. The molecule has 17 heavy (non-hydrogen) atoms. The summed E-state index contributed by atoms with van der Waals surface area (Å²) in [6, 6.07) is 0. The molecule has 1 rings (SSSR count). The lowest BCUT2D eigenvalue weighted by molar-refractivity contribution is 0.206. The number of aryl methyl sites for hydroxylation is 2.